The van der Waals surface area contributed by atoms with Crippen molar-refractivity contribution in [2.45, 2.75) is 25.8 Å². The van der Waals surface area contributed by atoms with Crippen molar-refractivity contribution in [3.63, 3.8) is 0 Å². The number of amides is 1. The topological polar surface area (TPSA) is 45.2 Å². The van der Waals surface area contributed by atoms with E-state index in [0.717, 1.165) is 31.5 Å². The van der Waals surface area contributed by atoms with Gasteiger partial charge in [-0.1, -0.05) is 0 Å². The van der Waals surface area contributed by atoms with Gasteiger partial charge in [-0.25, -0.2) is 0 Å². The average molecular weight is 233 g/mol. The Morgan fingerprint density at radius 2 is 2.06 bits per heavy atom. The van der Waals surface area contributed by atoms with Gasteiger partial charge in [0.1, 0.15) is 0 Å². The summed E-state index contributed by atoms with van der Waals surface area (Å²) in [6.45, 7) is 4.32. The van der Waals surface area contributed by atoms with Crippen molar-refractivity contribution < 1.29 is 4.79 Å². The fraction of sp³-hybridized carbons (Fsp3) is 0.538. The molecule has 4 nitrogen and oxygen atoms in total. The van der Waals surface area contributed by atoms with Gasteiger partial charge in [-0.15, -0.1) is 0 Å². The van der Waals surface area contributed by atoms with Gasteiger partial charge in [-0.2, -0.15) is 0 Å². The van der Waals surface area contributed by atoms with Gasteiger partial charge in [0.05, 0.1) is 6.54 Å². The fourth-order valence-electron chi connectivity index (χ4n) is 2.09. The molecule has 0 aliphatic carbocycles. The largest absolute Gasteiger partial charge is 0.342 e. The predicted molar refractivity (Wildman–Crippen MR) is 66.5 cm³/mol. The van der Waals surface area contributed by atoms with Crippen molar-refractivity contribution in [2.75, 3.05) is 19.6 Å². The standard InChI is InChI=1S/C13H19N3O/c1-11(12-4-6-14-7-5-12)15-10-13(17)16-8-2-3-9-16/h4-7,11,15H,2-3,8-10H2,1H3/t11-/m0/s1. The first-order valence-electron chi connectivity index (χ1n) is 6.18. The zero-order valence-corrected chi connectivity index (χ0v) is 10.2. The van der Waals surface area contributed by atoms with Crippen LogP contribution in [0.15, 0.2) is 24.5 Å². The van der Waals surface area contributed by atoms with E-state index < -0.39 is 0 Å². The number of pyridine rings is 1. The van der Waals surface area contributed by atoms with E-state index in [1.165, 1.54) is 0 Å². The highest BCUT2D eigenvalue weighted by Gasteiger charge is 2.18. The number of likely N-dealkylation sites (tertiary alicyclic amines) is 1. The van der Waals surface area contributed by atoms with E-state index in [-0.39, 0.29) is 11.9 Å². The smallest absolute Gasteiger partial charge is 0.236 e. The maximum atomic E-state index is 11.8. The number of nitrogens with zero attached hydrogens (tertiary/aromatic N) is 2. The number of nitrogens with one attached hydrogen (secondary N) is 1. The van der Waals surface area contributed by atoms with E-state index in [1.807, 2.05) is 17.0 Å². The highest BCUT2D eigenvalue weighted by atomic mass is 16.2. The number of hydrogen-bond donors (Lipinski definition) is 1. The second-order valence-electron chi connectivity index (χ2n) is 4.47. The molecular formula is C13H19N3O. The third kappa shape index (κ3) is 3.27. The minimum absolute atomic E-state index is 0.185. The number of hydrogen-bond acceptors (Lipinski definition) is 3. The zero-order valence-electron chi connectivity index (χ0n) is 10.2. The highest BCUT2D eigenvalue weighted by molar-refractivity contribution is 5.78. The molecule has 1 aromatic rings. The monoisotopic (exact) mass is 233 g/mol. The molecule has 1 fully saturated rings. The highest BCUT2D eigenvalue weighted by Crippen LogP contribution is 2.11. The summed E-state index contributed by atoms with van der Waals surface area (Å²) >= 11 is 0. The van der Waals surface area contributed by atoms with E-state index in [9.17, 15) is 4.79 Å². The summed E-state index contributed by atoms with van der Waals surface area (Å²) in [5.41, 5.74) is 1.16. The number of carbonyl (C=O) groups is 1. The lowest BCUT2D eigenvalue weighted by atomic mass is 10.1. The van der Waals surface area contributed by atoms with Gasteiger partial charge in [-0.05, 0) is 37.5 Å². The average Bonchev–Trinajstić information content (AvgIpc) is 2.90. The Labute approximate surface area is 102 Å². The van der Waals surface area contributed by atoms with Crippen LogP contribution in [0.1, 0.15) is 31.4 Å². The molecule has 1 N–H and O–H groups in total. The maximum Gasteiger partial charge on any atom is 0.236 e. The Morgan fingerprint density at radius 3 is 2.71 bits per heavy atom. The maximum absolute atomic E-state index is 11.8. The van der Waals surface area contributed by atoms with Crippen molar-refractivity contribution in [1.29, 1.82) is 0 Å². The molecule has 0 aromatic carbocycles. The Bertz CT molecular complexity index is 360. The predicted octanol–water partition coefficient (Wildman–Crippen LogP) is 1.35. The first-order valence-corrected chi connectivity index (χ1v) is 6.18. The van der Waals surface area contributed by atoms with Crippen LogP contribution in [0.4, 0.5) is 0 Å². The first-order chi connectivity index (χ1) is 8.27. The minimum atomic E-state index is 0.185. The molecule has 0 saturated carbocycles. The van der Waals surface area contributed by atoms with Crippen molar-refractivity contribution in [2.24, 2.45) is 0 Å². The molecule has 1 atom stereocenters. The van der Waals surface area contributed by atoms with Gasteiger partial charge in [0, 0.05) is 31.5 Å². The number of carbonyl (C=O) groups excluding carboxylic acids is 1. The normalized spacial score (nSPS) is 17.1. The van der Waals surface area contributed by atoms with Gasteiger partial charge < -0.3 is 10.2 Å². The molecule has 2 heterocycles. The van der Waals surface area contributed by atoms with E-state index in [2.05, 4.69) is 17.2 Å². The Morgan fingerprint density at radius 1 is 1.41 bits per heavy atom. The summed E-state index contributed by atoms with van der Waals surface area (Å²) < 4.78 is 0. The zero-order chi connectivity index (χ0) is 12.1. The van der Waals surface area contributed by atoms with E-state index in [0.29, 0.717) is 6.54 Å². The van der Waals surface area contributed by atoms with Gasteiger partial charge in [0.2, 0.25) is 5.91 Å². The molecule has 0 unspecified atom stereocenters. The molecule has 4 heteroatoms. The van der Waals surface area contributed by atoms with Crippen LogP contribution in [0, 0.1) is 0 Å². The van der Waals surface area contributed by atoms with Crippen molar-refractivity contribution in [3.05, 3.63) is 30.1 Å². The summed E-state index contributed by atoms with van der Waals surface area (Å²) in [6.07, 6.45) is 5.84. The fourth-order valence-corrected chi connectivity index (χ4v) is 2.09. The Kier molecular flexibility index (Phi) is 4.09. The molecule has 0 radical (unpaired) electrons. The molecule has 1 amide bonds. The second kappa shape index (κ2) is 5.77. The molecule has 1 aliphatic rings. The number of aromatic nitrogens is 1. The molecule has 1 aliphatic heterocycles. The molecule has 2 rings (SSSR count). The Hall–Kier alpha value is -1.42. The molecule has 1 aromatic heterocycles. The minimum Gasteiger partial charge on any atom is -0.342 e. The van der Waals surface area contributed by atoms with Gasteiger partial charge in [-0.3, -0.25) is 9.78 Å². The second-order valence-corrected chi connectivity index (χ2v) is 4.47. The first kappa shape index (κ1) is 12.0. The molecule has 0 spiro atoms. The lowest BCUT2D eigenvalue weighted by Gasteiger charge is -2.18. The van der Waals surface area contributed by atoms with Crippen LogP contribution in [0.5, 0.6) is 0 Å². The lowest BCUT2D eigenvalue weighted by molar-refractivity contribution is -0.129. The van der Waals surface area contributed by atoms with Crippen LogP contribution in [0.2, 0.25) is 0 Å². The van der Waals surface area contributed by atoms with Crippen molar-refractivity contribution >= 4 is 5.91 Å². The molecule has 0 bridgehead atoms. The van der Waals surface area contributed by atoms with Gasteiger partial charge in [0.15, 0.2) is 0 Å². The molecule has 17 heavy (non-hydrogen) atoms. The third-order valence-electron chi connectivity index (χ3n) is 3.22. The quantitative estimate of drug-likeness (QED) is 0.854. The van der Waals surface area contributed by atoms with Crippen LogP contribution >= 0.6 is 0 Å². The summed E-state index contributed by atoms with van der Waals surface area (Å²) in [5, 5.41) is 3.26. The van der Waals surface area contributed by atoms with Crippen molar-refractivity contribution in [3.8, 4) is 0 Å². The molecule has 1 saturated heterocycles. The summed E-state index contributed by atoms with van der Waals surface area (Å²) in [6, 6.07) is 4.13. The van der Waals surface area contributed by atoms with Crippen LogP contribution < -0.4 is 5.32 Å². The van der Waals surface area contributed by atoms with Gasteiger partial charge in [0.25, 0.3) is 0 Å². The Balaban J connectivity index is 1.80. The summed E-state index contributed by atoms with van der Waals surface area (Å²) in [5.74, 6) is 0.211. The van der Waals surface area contributed by atoms with Crippen molar-refractivity contribution in [1.82, 2.24) is 15.2 Å². The SMILES string of the molecule is C[C@H](NCC(=O)N1CCCC1)c1ccncc1. The van der Waals surface area contributed by atoms with Gasteiger partial charge >= 0.3 is 0 Å². The van der Waals surface area contributed by atoms with E-state index in [4.69, 9.17) is 0 Å². The van der Waals surface area contributed by atoms with Crippen LogP contribution in [0.25, 0.3) is 0 Å². The van der Waals surface area contributed by atoms with Crippen LogP contribution in [-0.4, -0.2) is 35.4 Å². The summed E-state index contributed by atoms with van der Waals surface area (Å²) in [4.78, 5) is 17.8. The van der Waals surface area contributed by atoms with Crippen LogP contribution in [-0.2, 0) is 4.79 Å². The molecule has 92 valence electrons. The lowest BCUT2D eigenvalue weighted by Crippen LogP contribution is -2.37. The summed E-state index contributed by atoms with van der Waals surface area (Å²) in [7, 11) is 0. The van der Waals surface area contributed by atoms with E-state index in [1.54, 1.807) is 12.4 Å². The van der Waals surface area contributed by atoms with E-state index >= 15 is 0 Å². The molecular weight excluding hydrogens is 214 g/mol. The number of rotatable bonds is 4. The third-order valence-corrected chi connectivity index (χ3v) is 3.22. The van der Waals surface area contributed by atoms with Crippen LogP contribution in [0.3, 0.4) is 0 Å².